The Hall–Kier alpha value is -2.13. The van der Waals surface area contributed by atoms with E-state index in [1.54, 1.807) is 0 Å². The zero-order valence-electron chi connectivity index (χ0n) is 11.1. The van der Waals surface area contributed by atoms with E-state index < -0.39 is 0 Å². The normalized spacial score (nSPS) is 12.7. The van der Waals surface area contributed by atoms with Gasteiger partial charge in [0.05, 0.1) is 6.04 Å². The van der Waals surface area contributed by atoms with Crippen molar-refractivity contribution in [1.29, 1.82) is 0 Å². The van der Waals surface area contributed by atoms with E-state index in [9.17, 15) is 0 Å². The minimum atomic E-state index is 0.0431. The van der Waals surface area contributed by atoms with E-state index in [4.69, 9.17) is 4.42 Å². The third-order valence-electron chi connectivity index (χ3n) is 3.36. The number of benzene rings is 1. The molecule has 3 aromatic rings. The Balaban J connectivity index is 2.16. The number of hydrogen-bond acceptors (Lipinski definition) is 3. The first-order chi connectivity index (χ1) is 9.29. The van der Waals surface area contributed by atoms with Gasteiger partial charge < -0.3 is 9.73 Å². The number of fused-ring (bicyclic) bond motifs is 1. The molecule has 0 aliphatic heterocycles. The van der Waals surface area contributed by atoms with Gasteiger partial charge in [0.15, 0.2) is 0 Å². The smallest absolute Gasteiger partial charge is 0.125 e. The van der Waals surface area contributed by atoms with Gasteiger partial charge in [-0.15, -0.1) is 0 Å². The Morgan fingerprint density at radius 1 is 1.16 bits per heavy atom. The van der Waals surface area contributed by atoms with Crippen LogP contribution in [0.5, 0.6) is 0 Å². The monoisotopic (exact) mass is 252 g/mol. The number of hydrogen-bond donors (Lipinski definition) is 1. The Bertz CT molecular complexity index is 697. The number of nitrogens with zero attached hydrogens (tertiary/aromatic N) is 1. The fraction of sp³-hybridized carbons (Fsp3) is 0.188. The van der Waals surface area contributed by atoms with Gasteiger partial charge in [0.1, 0.15) is 11.5 Å². The Morgan fingerprint density at radius 2 is 2.05 bits per heavy atom. The summed E-state index contributed by atoms with van der Waals surface area (Å²) < 4.78 is 5.76. The third kappa shape index (κ3) is 2.13. The predicted molar refractivity (Wildman–Crippen MR) is 76.1 cm³/mol. The van der Waals surface area contributed by atoms with Crippen molar-refractivity contribution in [3.05, 3.63) is 65.9 Å². The van der Waals surface area contributed by atoms with E-state index in [2.05, 4.69) is 28.5 Å². The molecule has 1 N–H and O–H groups in total. The van der Waals surface area contributed by atoms with Crippen molar-refractivity contribution < 1.29 is 4.42 Å². The van der Waals surface area contributed by atoms with Crippen LogP contribution in [-0.4, -0.2) is 12.0 Å². The van der Waals surface area contributed by atoms with Crippen LogP contribution < -0.4 is 5.32 Å². The highest BCUT2D eigenvalue weighted by Gasteiger charge is 2.17. The highest BCUT2D eigenvalue weighted by molar-refractivity contribution is 5.85. The van der Waals surface area contributed by atoms with Gasteiger partial charge in [0.25, 0.3) is 0 Å². The lowest BCUT2D eigenvalue weighted by Gasteiger charge is -2.16. The molecule has 0 fully saturated rings. The summed E-state index contributed by atoms with van der Waals surface area (Å²) >= 11 is 0. The molecule has 19 heavy (non-hydrogen) atoms. The number of furan rings is 1. The van der Waals surface area contributed by atoms with Crippen LogP contribution in [0.3, 0.4) is 0 Å². The van der Waals surface area contributed by atoms with Gasteiger partial charge >= 0.3 is 0 Å². The molecule has 0 saturated carbocycles. The van der Waals surface area contributed by atoms with E-state index in [1.165, 1.54) is 10.9 Å². The lowest BCUT2D eigenvalue weighted by atomic mass is 9.99. The molecule has 3 nitrogen and oxygen atoms in total. The minimum Gasteiger partial charge on any atom is -0.464 e. The molecule has 2 heterocycles. The molecule has 3 heteroatoms. The average molecular weight is 252 g/mol. The van der Waals surface area contributed by atoms with Gasteiger partial charge in [-0.1, -0.05) is 18.2 Å². The van der Waals surface area contributed by atoms with Crippen LogP contribution in [0.15, 0.2) is 53.2 Å². The molecule has 0 amide bonds. The summed E-state index contributed by atoms with van der Waals surface area (Å²) in [7, 11) is 1.94. The molecule has 0 aliphatic carbocycles. The number of aryl methyl sites for hydroxylation is 1. The maximum absolute atomic E-state index is 5.76. The Kier molecular flexibility index (Phi) is 3.05. The second-order valence-corrected chi connectivity index (χ2v) is 4.61. The number of rotatable bonds is 3. The number of nitrogens with one attached hydrogen (secondary N) is 1. The molecule has 0 saturated heterocycles. The molecule has 3 rings (SSSR count). The van der Waals surface area contributed by atoms with Crippen molar-refractivity contribution in [3.8, 4) is 0 Å². The second kappa shape index (κ2) is 4.86. The van der Waals surface area contributed by atoms with Crippen molar-refractivity contribution in [2.75, 3.05) is 7.05 Å². The van der Waals surface area contributed by atoms with Gasteiger partial charge in [0, 0.05) is 17.8 Å². The van der Waals surface area contributed by atoms with Crippen molar-refractivity contribution in [1.82, 2.24) is 10.3 Å². The van der Waals surface area contributed by atoms with Crippen molar-refractivity contribution >= 4 is 10.8 Å². The third-order valence-corrected chi connectivity index (χ3v) is 3.36. The van der Waals surface area contributed by atoms with Gasteiger partial charge in [-0.3, -0.25) is 4.98 Å². The van der Waals surface area contributed by atoms with E-state index in [0.717, 1.165) is 16.9 Å². The van der Waals surface area contributed by atoms with E-state index in [-0.39, 0.29) is 6.04 Å². The van der Waals surface area contributed by atoms with Crippen LogP contribution in [-0.2, 0) is 0 Å². The fourth-order valence-electron chi connectivity index (χ4n) is 2.45. The van der Waals surface area contributed by atoms with E-state index in [1.807, 2.05) is 44.6 Å². The standard InChI is InChI=1S/C16H16N2O/c1-11-6-7-15(19-11)16(17-2)13-5-3-4-12-8-9-18-10-14(12)13/h3-10,16-17H,1-2H3. The first kappa shape index (κ1) is 11.9. The van der Waals surface area contributed by atoms with Crippen molar-refractivity contribution in [3.63, 3.8) is 0 Å². The van der Waals surface area contributed by atoms with Gasteiger partial charge in [0.2, 0.25) is 0 Å². The summed E-state index contributed by atoms with van der Waals surface area (Å²) in [6.45, 7) is 1.96. The van der Waals surface area contributed by atoms with Crippen LogP contribution >= 0.6 is 0 Å². The highest BCUT2D eigenvalue weighted by atomic mass is 16.3. The predicted octanol–water partition coefficient (Wildman–Crippen LogP) is 3.45. The number of aromatic nitrogens is 1. The largest absolute Gasteiger partial charge is 0.464 e. The van der Waals surface area contributed by atoms with Crippen LogP contribution in [0.1, 0.15) is 23.1 Å². The molecule has 1 aromatic carbocycles. The van der Waals surface area contributed by atoms with Gasteiger partial charge in [-0.05, 0) is 43.1 Å². The van der Waals surface area contributed by atoms with Crippen molar-refractivity contribution in [2.45, 2.75) is 13.0 Å². The zero-order chi connectivity index (χ0) is 13.2. The molecule has 0 aliphatic rings. The minimum absolute atomic E-state index is 0.0431. The summed E-state index contributed by atoms with van der Waals surface area (Å²) in [5.74, 6) is 1.85. The van der Waals surface area contributed by atoms with E-state index in [0.29, 0.717) is 0 Å². The molecular weight excluding hydrogens is 236 g/mol. The summed E-state index contributed by atoms with van der Waals surface area (Å²) in [4.78, 5) is 4.23. The van der Waals surface area contributed by atoms with Crippen molar-refractivity contribution in [2.24, 2.45) is 0 Å². The lowest BCUT2D eigenvalue weighted by Crippen LogP contribution is -2.17. The maximum atomic E-state index is 5.76. The Morgan fingerprint density at radius 3 is 2.79 bits per heavy atom. The average Bonchev–Trinajstić information content (AvgIpc) is 2.86. The summed E-state index contributed by atoms with van der Waals surface area (Å²) in [6, 6.07) is 12.4. The van der Waals surface area contributed by atoms with Crippen LogP contribution in [0, 0.1) is 6.92 Å². The SMILES string of the molecule is CNC(c1ccc(C)o1)c1cccc2ccncc12. The summed E-state index contributed by atoms with van der Waals surface area (Å²) in [5.41, 5.74) is 1.18. The highest BCUT2D eigenvalue weighted by Crippen LogP contribution is 2.29. The first-order valence-corrected chi connectivity index (χ1v) is 6.36. The molecule has 96 valence electrons. The van der Waals surface area contributed by atoms with Crippen LogP contribution in [0.2, 0.25) is 0 Å². The maximum Gasteiger partial charge on any atom is 0.125 e. The molecule has 1 atom stereocenters. The molecule has 0 bridgehead atoms. The molecule has 1 unspecified atom stereocenters. The molecular formula is C16H16N2O. The quantitative estimate of drug-likeness (QED) is 0.776. The summed E-state index contributed by atoms with van der Waals surface area (Å²) in [5, 5.41) is 5.66. The molecule has 0 radical (unpaired) electrons. The molecule has 0 spiro atoms. The van der Waals surface area contributed by atoms with E-state index >= 15 is 0 Å². The van der Waals surface area contributed by atoms with Crippen LogP contribution in [0.25, 0.3) is 10.8 Å². The fourth-order valence-corrected chi connectivity index (χ4v) is 2.45. The number of pyridine rings is 1. The van der Waals surface area contributed by atoms with Crippen LogP contribution in [0.4, 0.5) is 0 Å². The molecule has 2 aromatic heterocycles. The lowest BCUT2D eigenvalue weighted by molar-refractivity contribution is 0.445. The Labute approximate surface area is 112 Å². The zero-order valence-corrected chi connectivity index (χ0v) is 11.1. The van der Waals surface area contributed by atoms with Gasteiger partial charge in [-0.2, -0.15) is 0 Å². The topological polar surface area (TPSA) is 38.1 Å². The second-order valence-electron chi connectivity index (χ2n) is 4.61. The first-order valence-electron chi connectivity index (χ1n) is 6.36. The van der Waals surface area contributed by atoms with Gasteiger partial charge in [-0.25, -0.2) is 0 Å². The summed E-state index contributed by atoms with van der Waals surface area (Å²) in [6.07, 6.45) is 3.72.